The van der Waals surface area contributed by atoms with Gasteiger partial charge in [-0.05, 0) is 19.3 Å². The molecule has 0 aromatic carbocycles. The molecule has 1 unspecified atom stereocenters. The van der Waals surface area contributed by atoms with Crippen molar-refractivity contribution in [3.63, 3.8) is 0 Å². The van der Waals surface area contributed by atoms with E-state index in [9.17, 15) is 4.79 Å². The van der Waals surface area contributed by atoms with E-state index in [0.29, 0.717) is 18.9 Å². The molecule has 0 saturated heterocycles. The van der Waals surface area contributed by atoms with Crippen molar-refractivity contribution in [1.82, 2.24) is 0 Å². The van der Waals surface area contributed by atoms with Crippen LogP contribution in [0, 0.1) is 5.92 Å². The van der Waals surface area contributed by atoms with Gasteiger partial charge in [-0.1, -0.05) is 32.4 Å². The Morgan fingerprint density at radius 1 is 1.46 bits per heavy atom. The normalized spacial score (nSPS) is 13.2. The van der Waals surface area contributed by atoms with E-state index in [1.165, 1.54) is 0 Å². The first-order chi connectivity index (χ1) is 6.20. The molecule has 0 radical (unpaired) electrons. The number of carbonyl (C=O) groups is 1. The van der Waals surface area contributed by atoms with E-state index in [4.69, 9.17) is 4.74 Å². The third-order valence-corrected chi connectivity index (χ3v) is 1.93. The summed E-state index contributed by atoms with van der Waals surface area (Å²) in [6.45, 7) is 6.63. The van der Waals surface area contributed by atoms with Gasteiger partial charge in [0, 0.05) is 6.42 Å². The number of carbonyl (C=O) groups excluding carboxylic acids is 1. The van der Waals surface area contributed by atoms with E-state index in [1.807, 2.05) is 6.92 Å². The number of esters is 1. The molecular weight excluding hydrogens is 164 g/mol. The van der Waals surface area contributed by atoms with Gasteiger partial charge >= 0.3 is 5.97 Å². The van der Waals surface area contributed by atoms with Crippen LogP contribution in [0.3, 0.4) is 0 Å². The van der Waals surface area contributed by atoms with Crippen molar-refractivity contribution in [2.75, 3.05) is 6.61 Å². The maximum Gasteiger partial charge on any atom is 0.306 e. The average molecular weight is 184 g/mol. The summed E-state index contributed by atoms with van der Waals surface area (Å²) >= 11 is 0. The van der Waals surface area contributed by atoms with Crippen LogP contribution in [0.4, 0.5) is 0 Å². The summed E-state index contributed by atoms with van der Waals surface area (Å²) in [7, 11) is 0. The number of hydrogen-bond acceptors (Lipinski definition) is 2. The minimum atomic E-state index is -0.101. The molecule has 0 aromatic heterocycles. The number of hydrogen-bond donors (Lipinski definition) is 0. The Morgan fingerprint density at radius 3 is 2.69 bits per heavy atom. The van der Waals surface area contributed by atoms with Crippen LogP contribution in [0.2, 0.25) is 0 Å². The molecule has 0 bridgehead atoms. The van der Waals surface area contributed by atoms with Crippen LogP contribution in [-0.4, -0.2) is 12.6 Å². The van der Waals surface area contributed by atoms with Crippen molar-refractivity contribution in [2.24, 2.45) is 5.92 Å². The predicted octanol–water partition coefficient (Wildman–Crippen LogP) is 2.93. The molecule has 0 aliphatic rings. The van der Waals surface area contributed by atoms with Crippen LogP contribution in [0.1, 0.15) is 40.0 Å². The molecule has 0 aliphatic carbocycles. The molecule has 1 atom stereocenters. The first-order valence-corrected chi connectivity index (χ1v) is 5.03. The Balaban J connectivity index is 3.43. The second kappa shape index (κ2) is 7.84. The number of allylic oxidation sites excluding steroid dienone is 2. The zero-order chi connectivity index (χ0) is 10.1. The second-order valence-electron chi connectivity index (χ2n) is 3.16. The molecule has 0 spiro atoms. The average Bonchev–Trinajstić information content (AvgIpc) is 2.12. The smallest absolute Gasteiger partial charge is 0.306 e. The van der Waals surface area contributed by atoms with Crippen molar-refractivity contribution >= 4 is 5.97 Å². The van der Waals surface area contributed by atoms with Crippen LogP contribution in [0.15, 0.2) is 12.2 Å². The summed E-state index contributed by atoms with van der Waals surface area (Å²) in [5.74, 6) is 0.512. The lowest BCUT2D eigenvalue weighted by molar-refractivity contribution is -0.142. The van der Waals surface area contributed by atoms with Gasteiger partial charge < -0.3 is 4.74 Å². The Hall–Kier alpha value is -0.790. The quantitative estimate of drug-likeness (QED) is 0.468. The first-order valence-electron chi connectivity index (χ1n) is 5.03. The fourth-order valence-corrected chi connectivity index (χ4v) is 0.899. The van der Waals surface area contributed by atoms with Crippen molar-refractivity contribution in [3.8, 4) is 0 Å². The largest absolute Gasteiger partial charge is 0.466 e. The molecule has 2 heteroatoms. The minimum absolute atomic E-state index is 0.101. The zero-order valence-corrected chi connectivity index (χ0v) is 8.88. The predicted molar refractivity (Wildman–Crippen MR) is 54.5 cm³/mol. The van der Waals surface area contributed by atoms with E-state index in [1.54, 1.807) is 0 Å². The Labute approximate surface area is 81.0 Å². The van der Waals surface area contributed by atoms with Gasteiger partial charge in [-0.3, -0.25) is 4.79 Å². The van der Waals surface area contributed by atoms with E-state index >= 15 is 0 Å². The van der Waals surface area contributed by atoms with Crippen LogP contribution < -0.4 is 0 Å². The second-order valence-corrected chi connectivity index (χ2v) is 3.16. The van der Waals surface area contributed by atoms with Gasteiger partial charge in [-0.15, -0.1) is 0 Å². The number of rotatable bonds is 6. The molecule has 2 nitrogen and oxygen atoms in total. The van der Waals surface area contributed by atoms with Crippen LogP contribution in [-0.2, 0) is 9.53 Å². The SMILES string of the molecule is CCOC(=O)CC/C=C\C(C)CC. The molecule has 0 heterocycles. The third-order valence-electron chi connectivity index (χ3n) is 1.93. The molecule has 0 aromatic rings. The maximum atomic E-state index is 10.9. The molecule has 0 amide bonds. The Bertz CT molecular complexity index is 161. The van der Waals surface area contributed by atoms with E-state index in [2.05, 4.69) is 26.0 Å². The lowest BCUT2D eigenvalue weighted by Gasteiger charge is -2.00. The van der Waals surface area contributed by atoms with Gasteiger partial charge in [0.15, 0.2) is 0 Å². The van der Waals surface area contributed by atoms with Crippen molar-refractivity contribution in [2.45, 2.75) is 40.0 Å². The van der Waals surface area contributed by atoms with Crippen molar-refractivity contribution in [3.05, 3.63) is 12.2 Å². The summed E-state index contributed by atoms with van der Waals surface area (Å²) in [6.07, 6.45) is 6.66. The Morgan fingerprint density at radius 2 is 2.15 bits per heavy atom. The molecule has 0 N–H and O–H groups in total. The maximum absolute atomic E-state index is 10.9. The van der Waals surface area contributed by atoms with Gasteiger partial charge in [-0.2, -0.15) is 0 Å². The molecule has 13 heavy (non-hydrogen) atoms. The molecule has 0 aliphatic heterocycles. The Kier molecular flexibility index (Phi) is 7.36. The van der Waals surface area contributed by atoms with E-state index in [-0.39, 0.29) is 5.97 Å². The monoisotopic (exact) mass is 184 g/mol. The van der Waals surface area contributed by atoms with Crippen molar-refractivity contribution < 1.29 is 9.53 Å². The highest BCUT2D eigenvalue weighted by molar-refractivity contribution is 5.69. The summed E-state index contributed by atoms with van der Waals surface area (Å²) < 4.78 is 4.80. The number of ether oxygens (including phenoxy) is 1. The highest BCUT2D eigenvalue weighted by Crippen LogP contribution is 2.03. The van der Waals surface area contributed by atoms with Crippen LogP contribution in [0.5, 0.6) is 0 Å². The van der Waals surface area contributed by atoms with Gasteiger partial charge in [0.05, 0.1) is 6.61 Å². The zero-order valence-electron chi connectivity index (χ0n) is 8.88. The molecule has 0 fully saturated rings. The minimum Gasteiger partial charge on any atom is -0.466 e. The van der Waals surface area contributed by atoms with E-state index in [0.717, 1.165) is 12.8 Å². The van der Waals surface area contributed by atoms with Crippen LogP contribution in [0.25, 0.3) is 0 Å². The fraction of sp³-hybridized carbons (Fsp3) is 0.727. The molecular formula is C11H20O2. The fourth-order valence-electron chi connectivity index (χ4n) is 0.899. The lowest BCUT2D eigenvalue weighted by Crippen LogP contribution is -2.02. The lowest BCUT2D eigenvalue weighted by atomic mass is 10.1. The van der Waals surface area contributed by atoms with Gasteiger partial charge in [0.1, 0.15) is 0 Å². The summed E-state index contributed by atoms with van der Waals surface area (Å²) in [6, 6.07) is 0. The highest BCUT2D eigenvalue weighted by Gasteiger charge is 1.98. The van der Waals surface area contributed by atoms with Gasteiger partial charge in [-0.25, -0.2) is 0 Å². The summed E-state index contributed by atoms with van der Waals surface area (Å²) in [5, 5.41) is 0. The summed E-state index contributed by atoms with van der Waals surface area (Å²) in [4.78, 5) is 10.9. The molecule has 76 valence electrons. The van der Waals surface area contributed by atoms with Crippen molar-refractivity contribution in [1.29, 1.82) is 0 Å². The standard InChI is InChI=1S/C11H20O2/c1-4-10(3)8-6-7-9-11(12)13-5-2/h6,8,10H,4-5,7,9H2,1-3H3/b8-6-. The van der Waals surface area contributed by atoms with Gasteiger partial charge in [0.25, 0.3) is 0 Å². The molecule has 0 rings (SSSR count). The van der Waals surface area contributed by atoms with Crippen LogP contribution >= 0.6 is 0 Å². The molecule has 0 saturated carbocycles. The highest BCUT2D eigenvalue weighted by atomic mass is 16.5. The van der Waals surface area contributed by atoms with E-state index < -0.39 is 0 Å². The third kappa shape index (κ3) is 7.57. The van der Waals surface area contributed by atoms with Gasteiger partial charge in [0.2, 0.25) is 0 Å². The summed E-state index contributed by atoms with van der Waals surface area (Å²) in [5.41, 5.74) is 0. The topological polar surface area (TPSA) is 26.3 Å². The first kappa shape index (κ1) is 12.2.